The third kappa shape index (κ3) is 2.26. The van der Waals surface area contributed by atoms with Crippen molar-refractivity contribution < 1.29 is 4.79 Å². The first-order valence-corrected chi connectivity index (χ1v) is 6.07. The lowest BCUT2D eigenvalue weighted by atomic mass is 10.2. The van der Waals surface area contributed by atoms with Gasteiger partial charge in [0.25, 0.3) is 5.91 Å². The molecule has 102 valence electrons. The quantitative estimate of drug-likeness (QED) is 0.689. The van der Waals surface area contributed by atoms with Gasteiger partial charge in [0.1, 0.15) is 0 Å². The fraction of sp³-hybridized carbons (Fsp3) is 0. The molecule has 0 bridgehead atoms. The molecule has 2 heterocycles. The average Bonchev–Trinajstić information content (AvgIpc) is 2.93. The van der Waals surface area contributed by atoms with Gasteiger partial charge in [0.15, 0.2) is 0 Å². The minimum atomic E-state index is -0.339. The number of nitrogens with zero attached hydrogens (tertiary/aromatic N) is 4. The minimum absolute atomic E-state index is 0.331. The van der Waals surface area contributed by atoms with Crippen LogP contribution in [0.25, 0.3) is 5.52 Å². The van der Waals surface area contributed by atoms with Crippen LogP contribution in [0, 0.1) is 11.3 Å². The first kappa shape index (κ1) is 12.6. The normalized spacial score (nSPS) is 10.2. The lowest BCUT2D eigenvalue weighted by Gasteiger charge is -2.07. The number of amides is 1. The molecule has 0 saturated carbocycles. The summed E-state index contributed by atoms with van der Waals surface area (Å²) in [5.74, 6) is -0.339. The second-order valence-electron chi connectivity index (χ2n) is 4.33. The molecule has 0 aliphatic carbocycles. The lowest BCUT2D eigenvalue weighted by molar-refractivity contribution is 0.102. The number of carbonyl (C=O) groups is 1. The number of benzene rings is 1. The highest BCUT2D eigenvalue weighted by molar-refractivity contribution is 6.09. The molecule has 0 aliphatic heterocycles. The molecule has 3 rings (SSSR count). The number of nitrogen functional groups attached to an aromatic ring is 1. The van der Waals surface area contributed by atoms with Crippen molar-refractivity contribution in [3.8, 4) is 6.07 Å². The molecule has 7 heteroatoms. The van der Waals surface area contributed by atoms with Gasteiger partial charge in [-0.3, -0.25) is 9.78 Å². The van der Waals surface area contributed by atoms with Gasteiger partial charge >= 0.3 is 0 Å². The summed E-state index contributed by atoms with van der Waals surface area (Å²) in [5.41, 5.74) is 8.02. The summed E-state index contributed by atoms with van der Waals surface area (Å²) in [6.45, 7) is 0. The number of hydrogen-bond acceptors (Lipinski definition) is 5. The topological polar surface area (TPSA) is 109 Å². The van der Waals surface area contributed by atoms with E-state index in [0.29, 0.717) is 28.0 Å². The number of anilines is 2. The van der Waals surface area contributed by atoms with Crippen LogP contribution in [0.2, 0.25) is 0 Å². The number of hydrogen-bond donors (Lipinski definition) is 2. The third-order valence-electron chi connectivity index (χ3n) is 3.00. The second kappa shape index (κ2) is 4.94. The van der Waals surface area contributed by atoms with E-state index in [1.54, 1.807) is 35.2 Å². The summed E-state index contributed by atoms with van der Waals surface area (Å²) in [5, 5.41) is 15.6. The Hall–Kier alpha value is -3.40. The Morgan fingerprint density at radius 1 is 1.38 bits per heavy atom. The van der Waals surface area contributed by atoms with Crippen molar-refractivity contribution in [1.29, 1.82) is 5.26 Å². The van der Waals surface area contributed by atoms with Crippen LogP contribution in [0.3, 0.4) is 0 Å². The molecule has 1 amide bonds. The predicted octanol–water partition coefficient (Wildman–Crippen LogP) is 1.44. The van der Waals surface area contributed by atoms with E-state index in [2.05, 4.69) is 15.4 Å². The molecule has 1 aromatic carbocycles. The zero-order chi connectivity index (χ0) is 14.8. The van der Waals surface area contributed by atoms with Gasteiger partial charge in [-0.25, -0.2) is 4.52 Å². The van der Waals surface area contributed by atoms with Crippen LogP contribution in [0.4, 0.5) is 11.4 Å². The number of fused-ring (bicyclic) bond motifs is 1. The van der Waals surface area contributed by atoms with Gasteiger partial charge in [-0.15, -0.1) is 0 Å². The number of carbonyl (C=O) groups excluding carboxylic acids is 1. The Morgan fingerprint density at radius 3 is 3.00 bits per heavy atom. The molecule has 0 atom stereocenters. The molecule has 21 heavy (non-hydrogen) atoms. The van der Waals surface area contributed by atoms with E-state index in [1.165, 1.54) is 12.3 Å². The smallest absolute Gasteiger partial charge is 0.259 e. The largest absolute Gasteiger partial charge is 0.397 e. The van der Waals surface area contributed by atoms with E-state index in [9.17, 15) is 4.79 Å². The fourth-order valence-electron chi connectivity index (χ4n) is 1.95. The molecule has 0 radical (unpaired) electrons. The van der Waals surface area contributed by atoms with Crippen LogP contribution < -0.4 is 11.1 Å². The SMILES string of the molecule is N#Cc1ccc(NC(=O)c2cnn3ccncc23)c(N)c1. The number of nitrogens with one attached hydrogen (secondary N) is 1. The Bertz CT molecular complexity index is 877. The van der Waals surface area contributed by atoms with Crippen molar-refractivity contribution in [3.63, 3.8) is 0 Å². The molecule has 2 aromatic heterocycles. The summed E-state index contributed by atoms with van der Waals surface area (Å²) in [6.07, 6.45) is 6.26. The second-order valence-corrected chi connectivity index (χ2v) is 4.33. The van der Waals surface area contributed by atoms with Crippen molar-refractivity contribution in [2.75, 3.05) is 11.1 Å². The molecular formula is C14H10N6O. The van der Waals surface area contributed by atoms with Gasteiger partial charge in [-0.05, 0) is 18.2 Å². The highest BCUT2D eigenvalue weighted by Crippen LogP contribution is 2.21. The standard InChI is InChI=1S/C14H10N6O/c15-6-9-1-2-12(11(16)5-9)19-14(21)10-7-18-20-4-3-17-8-13(10)20/h1-5,7-8H,16H2,(H,19,21). The third-order valence-corrected chi connectivity index (χ3v) is 3.00. The van der Waals surface area contributed by atoms with Gasteiger partial charge in [0.05, 0.1) is 46.5 Å². The van der Waals surface area contributed by atoms with E-state index in [-0.39, 0.29) is 5.91 Å². The van der Waals surface area contributed by atoms with Gasteiger partial charge in [-0.1, -0.05) is 0 Å². The highest BCUT2D eigenvalue weighted by Gasteiger charge is 2.14. The summed E-state index contributed by atoms with van der Waals surface area (Å²) < 4.78 is 1.56. The Labute approximate surface area is 119 Å². The Balaban J connectivity index is 1.92. The van der Waals surface area contributed by atoms with Crippen LogP contribution in [0.15, 0.2) is 43.0 Å². The van der Waals surface area contributed by atoms with Crippen molar-refractivity contribution in [2.24, 2.45) is 0 Å². The first-order chi connectivity index (χ1) is 10.2. The summed E-state index contributed by atoms with van der Waals surface area (Å²) in [7, 11) is 0. The van der Waals surface area contributed by atoms with E-state index in [1.807, 2.05) is 6.07 Å². The predicted molar refractivity (Wildman–Crippen MR) is 76.5 cm³/mol. The van der Waals surface area contributed by atoms with Crippen LogP contribution in [-0.4, -0.2) is 20.5 Å². The molecule has 0 saturated heterocycles. The monoisotopic (exact) mass is 278 g/mol. The fourth-order valence-corrected chi connectivity index (χ4v) is 1.95. The molecule has 0 aliphatic rings. The molecule has 7 nitrogen and oxygen atoms in total. The maximum atomic E-state index is 12.3. The van der Waals surface area contributed by atoms with E-state index < -0.39 is 0 Å². The minimum Gasteiger partial charge on any atom is -0.397 e. The van der Waals surface area contributed by atoms with E-state index in [4.69, 9.17) is 11.0 Å². The molecular weight excluding hydrogens is 268 g/mol. The first-order valence-electron chi connectivity index (χ1n) is 6.07. The number of aromatic nitrogens is 3. The zero-order valence-electron chi connectivity index (χ0n) is 10.8. The van der Waals surface area contributed by atoms with Crippen LogP contribution in [0.1, 0.15) is 15.9 Å². The van der Waals surface area contributed by atoms with Gasteiger partial charge in [-0.2, -0.15) is 10.4 Å². The molecule has 0 spiro atoms. The van der Waals surface area contributed by atoms with Crippen molar-refractivity contribution in [3.05, 3.63) is 54.1 Å². The Morgan fingerprint density at radius 2 is 2.24 bits per heavy atom. The summed E-state index contributed by atoms with van der Waals surface area (Å²) in [4.78, 5) is 16.3. The molecule has 3 N–H and O–H groups in total. The molecule has 3 aromatic rings. The lowest BCUT2D eigenvalue weighted by Crippen LogP contribution is -2.13. The Kier molecular flexibility index (Phi) is 2.97. The van der Waals surface area contributed by atoms with Crippen LogP contribution >= 0.6 is 0 Å². The molecule has 0 fully saturated rings. The number of rotatable bonds is 2. The summed E-state index contributed by atoms with van der Waals surface area (Å²) in [6, 6.07) is 6.67. The summed E-state index contributed by atoms with van der Waals surface area (Å²) >= 11 is 0. The molecule has 0 unspecified atom stereocenters. The van der Waals surface area contributed by atoms with Gasteiger partial charge < -0.3 is 11.1 Å². The maximum Gasteiger partial charge on any atom is 0.259 e. The number of nitrogens with two attached hydrogens (primary N) is 1. The number of nitriles is 1. The highest BCUT2D eigenvalue weighted by atomic mass is 16.1. The van der Waals surface area contributed by atoms with Gasteiger partial charge in [0, 0.05) is 12.4 Å². The van der Waals surface area contributed by atoms with Crippen LogP contribution in [-0.2, 0) is 0 Å². The van der Waals surface area contributed by atoms with Crippen molar-refractivity contribution in [1.82, 2.24) is 14.6 Å². The zero-order valence-corrected chi connectivity index (χ0v) is 10.8. The average molecular weight is 278 g/mol. The van der Waals surface area contributed by atoms with E-state index in [0.717, 1.165) is 0 Å². The van der Waals surface area contributed by atoms with Crippen LogP contribution in [0.5, 0.6) is 0 Å². The maximum absolute atomic E-state index is 12.3. The van der Waals surface area contributed by atoms with Gasteiger partial charge in [0.2, 0.25) is 0 Å². The van der Waals surface area contributed by atoms with E-state index >= 15 is 0 Å². The van der Waals surface area contributed by atoms with Crippen molar-refractivity contribution in [2.45, 2.75) is 0 Å². The van der Waals surface area contributed by atoms with Crippen molar-refractivity contribution >= 4 is 22.8 Å².